The topological polar surface area (TPSA) is 29.1 Å². The first-order valence-corrected chi connectivity index (χ1v) is 3.37. The number of hydrogen-bond donors (Lipinski definition) is 1. The molecule has 0 atom stereocenters. The van der Waals surface area contributed by atoms with Gasteiger partial charge >= 0.3 is 0 Å². The van der Waals surface area contributed by atoms with E-state index in [0.717, 1.165) is 12.8 Å². The molecule has 2 heterocycles. The molecule has 2 bridgehead atoms. The van der Waals surface area contributed by atoms with Gasteiger partial charge in [-0.2, -0.15) is 0 Å². The van der Waals surface area contributed by atoms with Crippen LogP contribution in [-0.4, -0.2) is 11.4 Å². The van der Waals surface area contributed by atoms with Crippen molar-refractivity contribution in [2.45, 2.75) is 32.2 Å². The van der Waals surface area contributed by atoms with Crippen LogP contribution in [0.1, 0.15) is 26.7 Å². The molecule has 0 aromatic rings. The van der Waals surface area contributed by atoms with E-state index in [-0.39, 0.29) is 16.9 Å². The minimum Gasteiger partial charge on any atom is -0.350 e. The number of carbonyl (C=O) groups is 1. The molecule has 3 fully saturated rings. The predicted octanol–water partition coefficient (Wildman–Crippen LogP) is 0.675. The van der Waals surface area contributed by atoms with Crippen molar-refractivity contribution < 1.29 is 4.79 Å². The summed E-state index contributed by atoms with van der Waals surface area (Å²) in [5.74, 6) is 0.255. The van der Waals surface area contributed by atoms with Gasteiger partial charge in [0.05, 0.1) is 5.41 Å². The van der Waals surface area contributed by atoms with Crippen LogP contribution in [0.15, 0.2) is 0 Å². The molecule has 2 saturated heterocycles. The molecule has 0 unspecified atom stereocenters. The van der Waals surface area contributed by atoms with E-state index < -0.39 is 0 Å². The highest BCUT2D eigenvalue weighted by molar-refractivity contribution is 5.89. The van der Waals surface area contributed by atoms with E-state index in [1.54, 1.807) is 0 Å². The molecule has 1 aliphatic carbocycles. The van der Waals surface area contributed by atoms with E-state index in [0.29, 0.717) is 0 Å². The average Bonchev–Trinajstić information content (AvgIpc) is 1.85. The molecule has 2 heteroatoms. The highest BCUT2D eigenvalue weighted by Gasteiger charge is 2.61. The fourth-order valence-corrected chi connectivity index (χ4v) is 2.34. The molecular weight excluding hydrogens is 114 g/mol. The summed E-state index contributed by atoms with van der Waals surface area (Å²) < 4.78 is 0. The van der Waals surface area contributed by atoms with Gasteiger partial charge in [-0.05, 0) is 19.8 Å². The van der Waals surface area contributed by atoms with Gasteiger partial charge in [-0.3, -0.25) is 4.79 Å². The lowest BCUT2D eigenvalue weighted by Crippen LogP contribution is -2.43. The third-order valence-corrected chi connectivity index (χ3v) is 2.52. The number of carbonyl (C=O) groups excluding carboxylic acids is 1. The SMILES string of the molecule is CC12CC(C)(C1)C(=O)N2. The maximum atomic E-state index is 11.0. The first-order valence-electron chi connectivity index (χ1n) is 3.37. The maximum absolute atomic E-state index is 11.0. The van der Waals surface area contributed by atoms with Crippen LogP contribution in [0.3, 0.4) is 0 Å². The van der Waals surface area contributed by atoms with Crippen molar-refractivity contribution in [2.24, 2.45) is 5.41 Å². The van der Waals surface area contributed by atoms with E-state index in [9.17, 15) is 4.79 Å². The van der Waals surface area contributed by atoms with E-state index in [2.05, 4.69) is 12.2 Å². The molecule has 0 spiro atoms. The average molecular weight is 125 g/mol. The van der Waals surface area contributed by atoms with Crippen molar-refractivity contribution in [3.63, 3.8) is 0 Å². The van der Waals surface area contributed by atoms with Gasteiger partial charge in [-0.25, -0.2) is 0 Å². The van der Waals surface area contributed by atoms with Gasteiger partial charge in [0.15, 0.2) is 0 Å². The van der Waals surface area contributed by atoms with Gasteiger partial charge in [-0.1, -0.05) is 6.92 Å². The second kappa shape index (κ2) is 1.02. The normalized spacial score (nSPS) is 54.7. The van der Waals surface area contributed by atoms with Gasteiger partial charge in [0, 0.05) is 5.54 Å². The Kier molecular flexibility index (Phi) is 0.600. The molecule has 3 aliphatic rings. The number of amides is 1. The summed E-state index contributed by atoms with van der Waals surface area (Å²) in [6.07, 6.45) is 2.08. The highest BCUT2D eigenvalue weighted by Crippen LogP contribution is 2.53. The summed E-state index contributed by atoms with van der Waals surface area (Å²) in [6.45, 7) is 4.15. The second-order valence-electron chi connectivity index (χ2n) is 3.93. The zero-order chi connectivity index (χ0) is 6.70. The summed E-state index contributed by atoms with van der Waals surface area (Å²) in [5, 5.41) is 2.97. The molecule has 1 N–H and O–H groups in total. The molecule has 0 aromatic heterocycles. The Labute approximate surface area is 54.6 Å². The standard InChI is InChI=1S/C7H11NO/c1-6-3-7(2,4-6)8-5(6)9/h3-4H2,1-2H3,(H,8,9). The lowest BCUT2D eigenvalue weighted by atomic mass is 9.64. The fourth-order valence-electron chi connectivity index (χ4n) is 2.34. The summed E-state index contributed by atoms with van der Waals surface area (Å²) in [4.78, 5) is 11.0. The molecule has 3 rings (SSSR count). The van der Waals surface area contributed by atoms with Crippen LogP contribution in [-0.2, 0) is 4.79 Å². The molecule has 0 radical (unpaired) electrons. The predicted molar refractivity (Wildman–Crippen MR) is 33.9 cm³/mol. The number of nitrogens with one attached hydrogen (secondary N) is 1. The molecule has 2 nitrogen and oxygen atoms in total. The first-order chi connectivity index (χ1) is 4.04. The maximum Gasteiger partial charge on any atom is 0.226 e. The van der Waals surface area contributed by atoms with Crippen LogP contribution in [0.5, 0.6) is 0 Å². The Morgan fingerprint density at radius 2 is 2.00 bits per heavy atom. The smallest absolute Gasteiger partial charge is 0.226 e. The quantitative estimate of drug-likeness (QED) is 0.506. The van der Waals surface area contributed by atoms with E-state index >= 15 is 0 Å². The summed E-state index contributed by atoms with van der Waals surface area (Å²) >= 11 is 0. The van der Waals surface area contributed by atoms with E-state index in [1.165, 1.54) is 0 Å². The Hall–Kier alpha value is -0.530. The number of rotatable bonds is 0. The van der Waals surface area contributed by atoms with Gasteiger partial charge in [-0.15, -0.1) is 0 Å². The van der Waals surface area contributed by atoms with Crippen LogP contribution in [0, 0.1) is 5.41 Å². The van der Waals surface area contributed by atoms with E-state index in [1.807, 2.05) is 6.92 Å². The van der Waals surface area contributed by atoms with E-state index in [4.69, 9.17) is 0 Å². The zero-order valence-corrected chi connectivity index (χ0v) is 5.82. The zero-order valence-electron chi connectivity index (χ0n) is 5.82. The molecule has 1 saturated carbocycles. The van der Waals surface area contributed by atoms with Crippen LogP contribution in [0.2, 0.25) is 0 Å². The second-order valence-corrected chi connectivity index (χ2v) is 3.93. The lowest BCUT2D eigenvalue weighted by Gasteiger charge is -2.38. The van der Waals surface area contributed by atoms with Crippen molar-refractivity contribution >= 4 is 5.91 Å². The Bertz CT molecular complexity index is 179. The molecule has 9 heavy (non-hydrogen) atoms. The van der Waals surface area contributed by atoms with Crippen molar-refractivity contribution in [3.05, 3.63) is 0 Å². The van der Waals surface area contributed by atoms with Gasteiger partial charge in [0.2, 0.25) is 5.91 Å². The fraction of sp³-hybridized carbons (Fsp3) is 0.857. The van der Waals surface area contributed by atoms with Crippen LogP contribution < -0.4 is 5.32 Å². The van der Waals surface area contributed by atoms with Crippen molar-refractivity contribution in [1.29, 1.82) is 0 Å². The Balaban J connectivity index is 2.34. The van der Waals surface area contributed by atoms with Gasteiger partial charge in [0.1, 0.15) is 0 Å². The third-order valence-electron chi connectivity index (χ3n) is 2.52. The molecule has 2 aliphatic heterocycles. The number of fused-ring (bicyclic) bond motifs is 1. The van der Waals surface area contributed by atoms with Crippen LogP contribution in [0.4, 0.5) is 0 Å². The van der Waals surface area contributed by atoms with Crippen molar-refractivity contribution in [2.75, 3.05) is 0 Å². The Morgan fingerprint density at radius 3 is 2.11 bits per heavy atom. The largest absolute Gasteiger partial charge is 0.350 e. The lowest BCUT2D eigenvalue weighted by molar-refractivity contribution is -0.125. The number of hydrogen-bond acceptors (Lipinski definition) is 1. The first kappa shape index (κ1) is 5.27. The minimum absolute atomic E-state index is 0.00868. The van der Waals surface area contributed by atoms with Gasteiger partial charge < -0.3 is 5.32 Å². The molecule has 1 amide bonds. The van der Waals surface area contributed by atoms with Gasteiger partial charge in [0.25, 0.3) is 0 Å². The van der Waals surface area contributed by atoms with Crippen LogP contribution >= 0.6 is 0 Å². The third kappa shape index (κ3) is 0.443. The van der Waals surface area contributed by atoms with Crippen LogP contribution in [0.25, 0.3) is 0 Å². The molecule has 50 valence electrons. The molecular formula is C7H11NO. The summed E-state index contributed by atoms with van der Waals surface area (Å²) in [7, 11) is 0. The Morgan fingerprint density at radius 1 is 1.44 bits per heavy atom. The van der Waals surface area contributed by atoms with Crippen molar-refractivity contribution in [3.8, 4) is 0 Å². The summed E-state index contributed by atoms with van der Waals surface area (Å²) in [5.41, 5.74) is 0.181. The van der Waals surface area contributed by atoms with Crippen molar-refractivity contribution in [1.82, 2.24) is 5.32 Å². The monoisotopic (exact) mass is 125 g/mol. The summed E-state index contributed by atoms with van der Waals surface area (Å²) in [6, 6.07) is 0. The highest BCUT2D eigenvalue weighted by atomic mass is 16.2. The molecule has 0 aromatic carbocycles. The minimum atomic E-state index is 0.00868.